The molecule has 1 heterocycles. The fourth-order valence-electron chi connectivity index (χ4n) is 2.62. The summed E-state index contributed by atoms with van der Waals surface area (Å²) in [5.41, 5.74) is 7.12. The third kappa shape index (κ3) is 2.65. The zero-order valence-electron chi connectivity index (χ0n) is 12.3. The molecule has 0 radical (unpaired) electrons. The van der Waals surface area contributed by atoms with Crippen molar-refractivity contribution in [1.29, 1.82) is 0 Å². The van der Waals surface area contributed by atoms with Crippen molar-refractivity contribution in [2.24, 2.45) is 5.92 Å². The summed E-state index contributed by atoms with van der Waals surface area (Å²) in [6.07, 6.45) is 3.50. The van der Waals surface area contributed by atoms with E-state index in [2.05, 4.69) is 4.98 Å². The molecule has 0 aliphatic heterocycles. The maximum absolute atomic E-state index is 13.0. The lowest BCUT2D eigenvalue weighted by Gasteiger charge is -2.23. The average Bonchev–Trinajstić information content (AvgIpc) is 3.14. The van der Waals surface area contributed by atoms with Crippen LogP contribution < -0.4 is 5.73 Å². The Kier molecular flexibility index (Phi) is 3.45. The van der Waals surface area contributed by atoms with Crippen LogP contribution in [-0.4, -0.2) is 30.3 Å². The Hall–Kier alpha value is -1.53. The fraction of sp³-hybridized carbons (Fsp3) is 0.467. The summed E-state index contributed by atoms with van der Waals surface area (Å²) >= 11 is 0. The van der Waals surface area contributed by atoms with Gasteiger partial charge in [0, 0.05) is 35.4 Å². The van der Waals surface area contributed by atoms with Gasteiger partial charge in [-0.05, 0) is 37.0 Å². The normalized spacial score (nSPS) is 16.2. The maximum atomic E-state index is 13.0. The number of H-pyrrole nitrogens is 1. The minimum absolute atomic E-state index is 0.163. The number of nitrogens with zero attached hydrogens (tertiary/aromatic N) is 1. The van der Waals surface area contributed by atoms with Gasteiger partial charge >= 0.3 is 0 Å². The second-order valence-electron chi connectivity index (χ2n) is 6.16. The molecule has 2 aromatic rings. The van der Waals surface area contributed by atoms with Gasteiger partial charge in [0.2, 0.25) is 10.0 Å². The minimum atomic E-state index is -3.47. The lowest BCUT2D eigenvalue weighted by atomic mass is 10.2. The van der Waals surface area contributed by atoms with Gasteiger partial charge in [0.1, 0.15) is 4.90 Å². The number of sulfonamides is 1. The molecule has 3 N–H and O–H groups in total. The van der Waals surface area contributed by atoms with E-state index in [-0.39, 0.29) is 6.04 Å². The molecule has 114 valence electrons. The summed E-state index contributed by atoms with van der Waals surface area (Å²) in [7, 11) is -3.47. The molecule has 0 bridgehead atoms. The number of nitrogens with two attached hydrogens (primary N) is 1. The highest BCUT2D eigenvalue weighted by Crippen LogP contribution is 2.35. The van der Waals surface area contributed by atoms with Gasteiger partial charge in [-0.25, -0.2) is 8.42 Å². The van der Waals surface area contributed by atoms with E-state index in [1.54, 1.807) is 28.7 Å². The Labute approximate surface area is 125 Å². The highest BCUT2D eigenvalue weighted by molar-refractivity contribution is 7.89. The largest absolute Gasteiger partial charge is 0.399 e. The standard InChI is InChI=1S/C15H21N3O2S/c1-10(2)9-18(12-4-5-12)21(19,20)15-8-17-14-7-11(16)3-6-13(14)15/h3,6-8,10,12,17H,4-5,9,16H2,1-2H3. The van der Waals surface area contributed by atoms with E-state index >= 15 is 0 Å². The number of fused-ring (bicyclic) bond motifs is 1. The molecular weight excluding hydrogens is 286 g/mol. The number of nitrogens with one attached hydrogen (secondary N) is 1. The third-order valence-electron chi connectivity index (χ3n) is 3.75. The molecule has 0 amide bonds. The molecule has 1 fully saturated rings. The Balaban J connectivity index is 2.06. The van der Waals surface area contributed by atoms with Crippen molar-refractivity contribution in [3.63, 3.8) is 0 Å². The SMILES string of the molecule is CC(C)CN(C1CC1)S(=O)(=O)c1c[nH]c2cc(N)ccc12. The number of anilines is 1. The van der Waals surface area contributed by atoms with Gasteiger partial charge in [-0.15, -0.1) is 0 Å². The summed E-state index contributed by atoms with van der Waals surface area (Å²) in [4.78, 5) is 3.37. The molecule has 1 aliphatic rings. The van der Waals surface area contributed by atoms with E-state index in [1.165, 1.54) is 0 Å². The molecule has 0 atom stereocenters. The highest BCUT2D eigenvalue weighted by atomic mass is 32.2. The summed E-state index contributed by atoms with van der Waals surface area (Å²) in [5.74, 6) is 0.307. The summed E-state index contributed by atoms with van der Waals surface area (Å²) < 4.78 is 27.6. The van der Waals surface area contributed by atoms with Crippen LogP contribution in [0.15, 0.2) is 29.3 Å². The van der Waals surface area contributed by atoms with Gasteiger partial charge in [0.25, 0.3) is 0 Å². The molecule has 1 aromatic heterocycles. The van der Waals surface area contributed by atoms with Gasteiger partial charge in [-0.1, -0.05) is 13.8 Å². The van der Waals surface area contributed by atoms with Crippen molar-refractivity contribution < 1.29 is 8.42 Å². The topological polar surface area (TPSA) is 79.2 Å². The van der Waals surface area contributed by atoms with Crippen LogP contribution in [0.25, 0.3) is 10.9 Å². The number of aromatic nitrogens is 1. The first kappa shape index (κ1) is 14.4. The molecule has 21 heavy (non-hydrogen) atoms. The van der Waals surface area contributed by atoms with Crippen molar-refractivity contribution in [3.05, 3.63) is 24.4 Å². The minimum Gasteiger partial charge on any atom is -0.399 e. The van der Waals surface area contributed by atoms with Crippen LogP contribution in [0.2, 0.25) is 0 Å². The van der Waals surface area contributed by atoms with Crippen molar-refractivity contribution >= 4 is 26.6 Å². The van der Waals surface area contributed by atoms with Crippen molar-refractivity contribution in [3.8, 4) is 0 Å². The number of hydrogen-bond donors (Lipinski definition) is 2. The van der Waals surface area contributed by atoms with Crippen LogP contribution in [0.4, 0.5) is 5.69 Å². The Bertz CT molecular complexity index is 760. The van der Waals surface area contributed by atoms with E-state index < -0.39 is 10.0 Å². The quantitative estimate of drug-likeness (QED) is 0.833. The lowest BCUT2D eigenvalue weighted by molar-refractivity contribution is 0.360. The van der Waals surface area contributed by atoms with Crippen LogP contribution >= 0.6 is 0 Å². The molecule has 5 nitrogen and oxygen atoms in total. The fourth-order valence-corrected chi connectivity index (χ4v) is 4.64. The number of hydrogen-bond acceptors (Lipinski definition) is 3. The molecular formula is C15H21N3O2S. The lowest BCUT2D eigenvalue weighted by Crippen LogP contribution is -2.36. The smallest absolute Gasteiger partial charge is 0.245 e. The number of rotatable bonds is 5. The van der Waals surface area contributed by atoms with Crippen LogP contribution in [-0.2, 0) is 10.0 Å². The van der Waals surface area contributed by atoms with Gasteiger partial charge < -0.3 is 10.7 Å². The number of aromatic amines is 1. The molecule has 0 spiro atoms. The second-order valence-corrected chi connectivity index (χ2v) is 8.02. The predicted octanol–water partition coefficient (Wildman–Crippen LogP) is 2.56. The summed E-state index contributed by atoms with van der Waals surface area (Å²) in [6, 6.07) is 5.43. The number of nitrogen functional groups attached to an aromatic ring is 1. The van der Waals surface area contributed by atoms with E-state index in [0.717, 1.165) is 18.4 Å². The molecule has 1 aromatic carbocycles. The first-order chi connectivity index (χ1) is 9.89. The summed E-state index contributed by atoms with van der Waals surface area (Å²) in [5, 5.41) is 0.707. The molecule has 0 saturated heterocycles. The van der Waals surface area contributed by atoms with Crippen molar-refractivity contribution in [2.45, 2.75) is 37.6 Å². The van der Waals surface area contributed by atoms with Crippen molar-refractivity contribution in [2.75, 3.05) is 12.3 Å². The molecule has 0 unspecified atom stereocenters. The van der Waals surface area contributed by atoms with E-state index in [1.807, 2.05) is 13.8 Å². The predicted molar refractivity (Wildman–Crippen MR) is 84.5 cm³/mol. The second kappa shape index (κ2) is 5.03. The molecule has 6 heteroatoms. The molecule has 1 saturated carbocycles. The number of benzene rings is 1. The first-order valence-electron chi connectivity index (χ1n) is 7.28. The van der Waals surface area contributed by atoms with Crippen LogP contribution in [0, 0.1) is 5.92 Å². The van der Waals surface area contributed by atoms with E-state index in [4.69, 9.17) is 5.73 Å². The Morgan fingerprint density at radius 1 is 1.38 bits per heavy atom. The van der Waals surface area contributed by atoms with E-state index in [0.29, 0.717) is 28.4 Å². The Morgan fingerprint density at radius 3 is 2.71 bits per heavy atom. The monoisotopic (exact) mass is 307 g/mol. The van der Waals surface area contributed by atoms with Gasteiger partial charge in [0.15, 0.2) is 0 Å². The summed E-state index contributed by atoms with van der Waals surface area (Å²) in [6.45, 7) is 4.65. The van der Waals surface area contributed by atoms with Crippen LogP contribution in [0.3, 0.4) is 0 Å². The van der Waals surface area contributed by atoms with Crippen LogP contribution in [0.5, 0.6) is 0 Å². The first-order valence-corrected chi connectivity index (χ1v) is 8.72. The molecule has 1 aliphatic carbocycles. The van der Waals surface area contributed by atoms with Gasteiger partial charge in [0.05, 0.1) is 0 Å². The average molecular weight is 307 g/mol. The van der Waals surface area contributed by atoms with E-state index in [9.17, 15) is 8.42 Å². The maximum Gasteiger partial charge on any atom is 0.245 e. The van der Waals surface area contributed by atoms with Gasteiger partial charge in [-0.3, -0.25) is 0 Å². The van der Waals surface area contributed by atoms with Gasteiger partial charge in [-0.2, -0.15) is 4.31 Å². The third-order valence-corrected chi connectivity index (χ3v) is 5.71. The zero-order chi connectivity index (χ0) is 15.2. The Morgan fingerprint density at radius 2 is 2.10 bits per heavy atom. The molecule has 3 rings (SSSR count). The van der Waals surface area contributed by atoms with Crippen molar-refractivity contribution in [1.82, 2.24) is 9.29 Å². The highest BCUT2D eigenvalue weighted by Gasteiger charge is 2.39. The van der Waals surface area contributed by atoms with Crippen LogP contribution in [0.1, 0.15) is 26.7 Å². The zero-order valence-corrected chi connectivity index (χ0v) is 13.2.